The van der Waals surface area contributed by atoms with Crippen LogP contribution in [-0.2, 0) is 10.2 Å². The summed E-state index contributed by atoms with van der Waals surface area (Å²) in [6.45, 7) is 2.36. The SMILES string of the molecule is Cc1nc(C2CCCN2S(=O)(=O)N(C)C)cc(N(C)C)n1. The first-order valence-electron chi connectivity index (χ1n) is 6.95. The minimum absolute atomic E-state index is 0.210. The third-order valence-electron chi connectivity index (χ3n) is 3.61. The molecule has 1 unspecified atom stereocenters. The van der Waals surface area contributed by atoms with Crippen LogP contribution in [0.1, 0.15) is 30.4 Å². The lowest BCUT2D eigenvalue weighted by molar-refractivity contribution is 0.357. The Kier molecular flexibility index (Phi) is 4.50. The van der Waals surface area contributed by atoms with Crippen molar-refractivity contribution in [3.05, 3.63) is 17.6 Å². The lowest BCUT2D eigenvalue weighted by Crippen LogP contribution is -2.39. The summed E-state index contributed by atoms with van der Waals surface area (Å²) in [4.78, 5) is 10.7. The number of rotatable bonds is 4. The van der Waals surface area contributed by atoms with Crippen molar-refractivity contribution in [3.63, 3.8) is 0 Å². The van der Waals surface area contributed by atoms with E-state index in [0.29, 0.717) is 12.4 Å². The van der Waals surface area contributed by atoms with Gasteiger partial charge in [0, 0.05) is 40.8 Å². The highest BCUT2D eigenvalue weighted by Gasteiger charge is 2.37. The van der Waals surface area contributed by atoms with Gasteiger partial charge in [0.2, 0.25) is 0 Å². The van der Waals surface area contributed by atoms with Gasteiger partial charge in [-0.05, 0) is 19.8 Å². The molecule has 0 spiro atoms. The molecule has 0 bridgehead atoms. The summed E-state index contributed by atoms with van der Waals surface area (Å²) in [5.74, 6) is 1.46. The van der Waals surface area contributed by atoms with Gasteiger partial charge in [0.25, 0.3) is 10.2 Å². The highest BCUT2D eigenvalue weighted by Crippen LogP contribution is 2.34. The highest BCUT2D eigenvalue weighted by molar-refractivity contribution is 7.86. The molecule has 0 saturated carbocycles. The molecule has 8 heteroatoms. The predicted molar refractivity (Wildman–Crippen MR) is 82.4 cm³/mol. The van der Waals surface area contributed by atoms with E-state index in [9.17, 15) is 8.42 Å². The minimum Gasteiger partial charge on any atom is -0.363 e. The monoisotopic (exact) mass is 313 g/mol. The van der Waals surface area contributed by atoms with Crippen LogP contribution in [0.2, 0.25) is 0 Å². The fraction of sp³-hybridized carbons (Fsp3) is 0.692. The molecule has 2 rings (SSSR count). The van der Waals surface area contributed by atoms with Gasteiger partial charge in [0.1, 0.15) is 11.6 Å². The van der Waals surface area contributed by atoms with E-state index in [0.717, 1.165) is 24.4 Å². The first-order valence-corrected chi connectivity index (χ1v) is 8.35. The number of hydrogen-bond donors (Lipinski definition) is 0. The van der Waals surface area contributed by atoms with Crippen LogP contribution < -0.4 is 4.90 Å². The van der Waals surface area contributed by atoms with E-state index in [2.05, 4.69) is 9.97 Å². The zero-order valence-corrected chi connectivity index (χ0v) is 14.1. The van der Waals surface area contributed by atoms with Crippen LogP contribution in [0.15, 0.2) is 6.07 Å². The molecule has 0 aliphatic carbocycles. The Balaban J connectivity index is 2.41. The van der Waals surface area contributed by atoms with E-state index >= 15 is 0 Å². The molecule has 1 atom stereocenters. The molecular formula is C13H23N5O2S. The fourth-order valence-corrected chi connectivity index (χ4v) is 3.81. The van der Waals surface area contributed by atoms with Gasteiger partial charge in [0.05, 0.1) is 11.7 Å². The first-order chi connectivity index (χ1) is 9.73. The Morgan fingerprint density at radius 1 is 1.24 bits per heavy atom. The fourth-order valence-electron chi connectivity index (χ4n) is 2.50. The third-order valence-corrected chi connectivity index (χ3v) is 5.56. The van der Waals surface area contributed by atoms with Crippen LogP contribution in [0.3, 0.4) is 0 Å². The van der Waals surface area contributed by atoms with E-state index < -0.39 is 10.2 Å². The topological polar surface area (TPSA) is 69.6 Å². The largest absolute Gasteiger partial charge is 0.363 e. The zero-order valence-electron chi connectivity index (χ0n) is 13.2. The summed E-state index contributed by atoms with van der Waals surface area (Å²) < 4.78 is 27.6. The molecule has 0 radical (unpaired) electrons. The molecule has 0 N–H and O–H groups in total. The van der Waals surface area contributed by atoms with Crippen LogP contribution in [-0.4, -0.2) is 61.7 Å². The van der Waals surface area contributed by atoms with Gasteiger partial charge < -0.3 is 4.90 Å². The Morgan fingerprint density at radius 3 is 2.48 bits per heavy atom. The van der Waals surface area contributed by atoms with Crippen LogP contribution in [0.25, 0.3) is 0 Å². The minimum atomic E-state index is -3.43. The van der Waals surface area contributed by atoms with Crippen molar-refractivity contribution < 1.29 is 8.42 Å². The molecule has 0 aromatic carbocycles. The second-order valence-corrected chi connectivity index (χ2v) is 7.75. The number of anilines is 1. The van der Waals surface area contributed by atoms with E-state index in [1.165, 1.54) is 8.61 Å². The Morgan fingerprint density at radius 2 is 1.90 bits per heavy atom. The lowest BCUT2D eigenvalue weighted by atomic mass is 10.1. The summed E-state index contributed by atoms with van der Waals surface area (Å²) in [6, 6.07) is 1.67. The highest BCUT2D eigenvalue weighted by atomic mass is 32.2. The normalized spacial score (nSPS) is 20.2. The lowest BCUT2D eigenvalue weighted by Gasteiger charge is -2.27. The van der Waals surface area contributed by atoms with Crippen molar-refractivity contribution in [3.8, 4) is 0 Å². The third kappa shape index (κ3) is 3.17. The van der Waals surface area contributed by atoms with Crippen molar-refractivity contribution in [1.82, 2.24) is 18.6 Å². The van der Waals surface area contributed by atoms with Crippen LogP contribution >= 0.6 is 0 Å². The van der Waals surface area contributed by atoms with E-state index in [1.807, 2.05) is 32.0 Å². The van der Waals surface area contributed by atoms with Gasteiger partial charge >= 0.3 is 0 Å². The van der Waals surface area contributed by atoms with Gasteiger partial charge in [0.15, 0.2) is 0 Å². The van der Waals surface area contributed by atoms with Gasteiger partial charge in [-0.2, -0.15) is 17.0 Å². The second kappa shape index (κ2) is 5.86. The van der Waals surface area contributed by atoms with Gasteiger partial charge in [-0.1, -0.05) is 0 Å². The summed E-state index contributed by atoms with van der Waals surface area (Å²) >= 11 is 0. The van der Waals surface area contributed by atoms with Crippen molar-refractivity contribution in [2.45, 2.75) is 25.8 Å². The number of nitrogens with zero attached hydrogens (tertiary/aromatic N) is 5. The molecule has 0 amide bonds. The maximum atomic E-state index is 12.4. The number of aryl methyl sites for hydroxylation is 1. The average Bonchev–Trinajstić information content (AvgIpc) is 2.87. The summed E-state index contributed by atoms with van der Waals surface area (Å²) in [7, 11) is 3.51. The average molecular weight is 313 g/mol. The zero-order chi connectivity index (χ0) is 15.8. The summed E-state index contributed by atoms with van der Waals surface area (Å²) in [6.07, 6.45) is 1.63. The molecule has 118 valence electrons. The quantitative estimate of drug-likeness (QED) is 0.822. The maximum absolute atomic E-state index is 12.4. The summed E-state index contributed by atoms with van der Waals surface area (Å²) in [5.41, 5.74) is 0.772. The molecule has 7 nitrogen and oxygen atoms in total. The van der Waals surface area contributed by atoms with E-state index in [1.54, 1.807) is 14.1 Å². The molecule has 2 heterocycles. The Labute approximate surface area is 126 Å². The molecule has 21 heavy (non-hydrogen) atoms. The Bertz CT molecular complexity index is 615. The molecule has 1 saturated heterocycles. The molecule has 1 aliphatic rings. The molecule has 1 aliphatic heterocycles. The van der Waals surface area contributed by atoms with Gasteiger partial charge in [-0.3, -0.25) is 0 Å². The maximum Gasteiger partial charge on any atom is 0.282 e. The molecular weight excluding hydrogens is 290 g/mol. The number of hydrogen-bond acceptors (Lipinski definition) is 5. The number of aromatic nitrogens is 2. The van der Waals surface area contributed by atoms with Gasteiger partial charge in [-0.25, -0.2) is 9.97 Å². The van der Waals surface area contributed by atoms with E-state index in [-0.39, 0.29) is 6.04 Å². The van der Waals surface area contributed by atoms with Crippen molar-refractivity contribution >= 4 is 16.0 Å². The van der Waals surface area contributed by atoms with Crippen molar-refractivity contribution in [2.24, 2.45) is 0 Å². The first kappa shape index (κ1) is 16.1. The smallest absolute Gasteiger partial charge is 0.282 e. The molecule has 1 aromatic heterocycles. The van der Waals surface area contributed by atoms with E-state index in [4.69, 9.17) is 0 Å². The van der Waals surface area contributed by atoms with Crippen molar-refractivity contribution in [2.75, 3.05) is 39.6 Å². The van der Waals surface area contributed by atoms with Crippen molar-refractivity contribution in [1.29, 1.82) is 0 Å². The predicted octanol–water partition coefficient (Wildman–Crippen LogP) is 0.794. The standard InChI is InChI=1S/C13H23N5O2S/c1-10-14-11(9-13(15-10)16(2)3)12-7-6-8-18(12)21(19,20)17(4)5/h9,12H,6-8H2,1-5H3. The van der Waals surface area contributed by atoms with Gasteiger partial charge in [-0.15, -0.1) is 0 Å². The van der Waals surface area contributed by atoms with Crippen LogP contribution in [0, 0.1) is 6.92 Å². The second-order valence-electron chi connectivity index (χ2n) is 5.65. The molecule has 1 aromatic rings. The summed E-state index contributed by atoms with van der Waals surface area (Å²) in [5, 5.41) is 0. The van der Waals surface area contributed by atoms with Crippen LogP contribution in [0.5, 0.6) is 0 Å². The molecule has 1 fully saturated rings. The van der Waals surface area contributed by atoms with Crippen LogP contribution in [0.4, 0.5) is 5.82 Å². The Hall–Kier alpha value is -1.25.